The van der Waals surface area contributed by atoms with Crippen LogP contribution in [0, 0.1) is 11.8 Å². The second-order valence-electron chi connectivity index (χ2n) is 3.28. The molecule has 0 spiro atoms. The third kappa shape index (κ3) is 1.82. The van der Waals surface area contributed by atoms with Crippen molar-refractivity contribution in [3.05, 3.63) is 12.3 Å². The van der Waals surface area contributed by atoms with Crippen LogP contribution in [0.5, 0.6) is 0 Å². The molecule has 0 aromatic rings. The van der Waals surface area contributed by atoms with E-state index in [1.165, 1.54) is 12.3 Å². The van der Waals surface area contributed by atoms with Gasteiger partial charge in [-0.25, -0.2) is 0 Å². The first-order valence-electron chi connectivity index (χ1n) is 4.18. The summed E-state index contributed by atoms with van der Waals surface area (Å²) in [6, 6.07) is 0. The molecule has 1 aliphatic heterocycles. The summed E-state index contributed by atoms with van der Waals surface area (Å²) in [7, 11) is 0. The minimum atomic E-state index is -1.14. The molecule has 1 unspecified atom stereocenters. The number of nitrogens with zero attached hydrogens (tertiary/aromatic N) is 1. The van der Waals surface area contributed by atoms with Gasteiger partial charge >= 0.3 is 29.6 Å². The van der Waals surface area contributed by atoms with E-state index in [2.05, 4.69) is 4.99 Å². The Labute approximate surface area is 103 Å². The fourth-order valence-corrected chi connectivity index (χ4v) is 1.93. The van der Waals surface area contributed by atoms with Gasteiger partial charge in [-0.05, 0) is 12.8 Å². The number of fused-ring (bicyclic) bond motifs is 1. The van der Waals surface area contributed by atoms with E-state index < -0.39 is 17.8 Å². The first-order chi connectivity index (χ1) is 6.20. The number of rotatable bonds is 1. The van der Waals surface area contributed by atoms with Gasteiger partial charge in [-0.2, -0.15) is 0 Å². The fraction of sp³-hybridized carbons (Fsp3) is 0.444. The number of hydrogen-bond donors (Lipinski definition) is 0. The van der Waals surface area contributed by atoms with E-state index in [9.17, 15) is 14.7 Å². The summed E-state index contributed by atoms with van der Waals surface area (Å²) < 4.78 is 0. The second kappa shape index (κ2) is 4.38. The molecule has 68 valence electrons. The van der Waals surface area contributed by atoms with Crippen molar-refractivity contribution in [3.63, 3.8) is 0 Å². The number of allylic oxidation sites excluding steroid dienone is 1. The molecule has 0 radical (unpaired) electrons. The van der Waals surface area contributed by atoms with Gasteiger partial charge < -0.3 is 9.90 Å². The van der Waals surface area contributed by atoms with Crippen molar-refractivity contribution in [2.45, 2.75) is 12.8 Å². The topological polar surface area (TPSA) is 69.6 Å². The Balaban J connectivity index is 0.000000980. The maximum Gasteiger partial charge on any atom is 1.00 e. The molecule has 2 atom stereocenters. The van der Waals surface area contributed by atoms with Crippen molar-refractivity contribution in [3.8, 4) is 0 Å². The van der Waals surface area contributed by atoms with Crippen molar-refractivity contribution in [1.29, 1.82) is 0 Å². The SMILES string of the molecule is O=C1C=CN=C2CC[C@@H](C(=O)[O-])C12.[Na+]. The van der Waals surface area contributed by atoms with Crippen LogP contribution in [0.1, 0.15) is 12.8 Å². The van der Waals surface area contributed by atoms with Crippen LogP contribution in [0.15, 0.2) is 17.3 Å². The number of aliphatic imine (C=N–C) groups is 1. The van der Waals surface area contributed by atoms with Crippen molar-refractivity contribution < 1.29 is 44.3 Å². The van der Waals surface area contributed by atoms with E-state index in [1.807, 2.05) is 0 Å². The second-order valence-corrected chi connectivity index (χ2v) is 3.28. The number of hydrogen-bond acceptors (Lipinski definition) is 4. The quantitative estimate of drug-likeness (QED) is 0.410. The Hall–Kier alpha value is -0.450. The molecule has 0 aromatic carbocycles. The average Bonchev–Trinajstić information content (AvgIpc) is 2.49. The third-order valence-corrected chi connectivity index (χ3v) is 2.56. The summed E-state index contributed by atoms with van der Waals surface area (Å²) in [5.74, 6) is -2.51. The number of carboxylic acids is 1. The van der Waals surface area contributed by atoms with Gasteiger partial charge in [-0.1, -0.05) is 0 Å². The van der Waals surface area contributed by atoms with E-state index in [1.54, 1.807) is 0 Å². The zero-order valence-electron chi connectivity index (χ0n) is 7.90. The Morgan fingerprint density at radius 1 is 1.57 bits per heavy atom. The zero-order valence-corrected chi connectivity index (χ0v) is 9.90. The Morgan fingerprint density at radius 3 is 2.93 bits per heavy atom. The van der Waals surface area contributed by atoms with E-state index in [0.717, 1.165) is 0 Å². The van der Waals surface area contributed by atoms with Gasteiger partial charge in [-0.3, -0.25) is 9.79 Å². The first-order valence-corrected chi connectivity index (χ1v) is 4.18. The van der Waals surface area contributed by atoms with E-state index in [0.29, 0.717) is 18.6 Å². The summed E-state index contributed by atoms with van der Waals surface area (Å²) in [5, 5.41) is 10.7. The van der Waals surface area contributed by atoms with Crippen LogP contribution >= 0.6 is 0 Å². The Morgan fingerprint density at radius 2 is 2.29 bits per heavy atom. The van der Waals surface area contributed by atoms with Crippen LogP contribution < -0.4 is 34.7 Å². The van der Waals surface area contributed by atoms with Crippen molar-refractivity contribution in [2.75, 3.05) is 0 Å². The molecular weight excluding hydrogens is 193 g/mol. The van der Waals surface area contributed by atoms with Gasteiger partial charge in [0.15, 0.2) is 5.78 Å². The Bertz CT molecular complexity index is 335. The van der Waals surface area contributed by atoms with Crippen molar-refractivity contribution in [1.82, 2.24) is 0 Å². The van der Waals surface area contributed by atoms with Crippen LogP contribution in [-0.4, -0.2) is 17.5 Å². The van der Waals surface area contributed by atoms with Crippen LogP contribution in [-0.2, 0) is 9.59 Å². The number of carbonyl (C=O) groups is 2. The van der Waals surface area contributed by atoms with Gasteiger partial charge in [0, 0.05) is 29.9 Å². The molecule has 0 N–H and O–H groups in total. The molecule has 0 bridgehead atoms. The summed E-state index contributed by atoms with van der Waals surface area (Å²) in [6.07, 6.45) is 3.83. The molecule has 4 nitrogen and oxygen atoms in total. The summed E-state index contributed by atoms with van der Waals surface area (Å²) >= 11 is 0. The normalized spacial score (nSPS) is 29.1. The molecule has 1 heterocycles. The average molecular weight is 201 g/mol. The summed E-state index contributed by atoms with van der Waals surface area (Å²) in [4.78, 5) is 26.0. The van der Waals surface area contributed by atoms with Gasteiger partial charge in [-0.15, -0.1) is 0 Å². The predicted molar refractivity (Wildman–Crippen MR) is 42.8 cm³/mol. The largest absolute Gasteiger partial charge is 1.00 e. The number of carbonyl (C=O) groups excluding carboxylic acids is 2. The van der Waals surface area contributed by atoms with Crippen molar-refractivity contribution >= 4 is 17.5 Å². The predicted octanol–water partition coefficient (Wildman–Crippen LogP) is -3.70. The zero-order chi connectivity index (χ0) is 9.42. The molecule has 2 aliphatic rings. The number of ketones is 1. The van der Waals surface area contributed by atoms with E-state index >= 15 is 0 Å². The number of aliphatic carboxylic acids is 1. The number of carboxylic acid groups (broad SMARTS) is 1. The molecule has 1 aliphatic carbocycles. The Kier molecular flexibility index (Phi) is 3.64. The van der Waals surface area contributed by atoms with Crippen LogP contribution in [0.25, 0.3) is 0 Å². The van der Waals surface area contributed by atoms with Crippen LogP contribution in [0.4, 0.5) is 0 Å². The molecule has 14 heavy (non-hydrogen) atoms. The van der Waals surface area contributed by atoms with Crippen molar-refractivity contribution in [2.24, 2.45) is 16.8 Å². The first kappa shape index (κ1) is 11.6. The summed E-state index contributed by atoms with van der Waals surface area (Å²) in [6.45, 7) is 0. The monoisotopic (exact) mass is 201 g/mol. The van der Waals surface area contributed by atoms with E-state index in [4.69, 9.17) is 0 Å². The molecule has 0 saturated heterocycles. The van der Waals surface area contributed by atoms with Gasteiger partial charge in [0.05, 0.1) is 5.92 Å². The fourth-order valence-electron chi connectivity index (χ4n) is 1.93. The van der Waals surface area contributed by atoms with Gasteiger partial charge in [0.2, 0.25) is 0 Å². The molecule has 1 fully saturated rings. The smallest absolute Gasteiger partial charge is 0.550 e. The molecule has 0 amide bonds. The maximum atomic E-state index is 11.3. The van der Waals surface area contributed by atoms with E-state index in [-0.39, 0.29) is 35.3 Å². The van der Waals surface area contributed by atoms with Gasteiger partial charge in [0.1, 0.15) is 0 Å². The molecule has 0 aromatic heterocycles. The minimum Gasteiger partial charge on any atom is -0.550 e. The molecule has 1 saturated carbocycles. The maximum absolute atomic E-state index is 11.3. The minimum absolute atomic E-state index is 0. The summed E-state index contributed by atoms with van der Waals surface area (Å²) in [5.41, 5.74) is 0.696. The van der Waals surface area contributed by atoms with Crippen LogP contribution in [0.3, 0.4) is 0 Å². The molecule has 2 rings (SSSR count). The standard InChI is InChI=1S/C9H9NO3.Na/c11-7-3-4-10-6-2-1-5(8(6)7)9(12)13;/h3-5,8H,1-2H2,(H,12,13);/q;+1/p-1/t5-,8?;/m1./s1. The molecular formula is C9H8NNaO3. The third-order valence-electron chi connectivity index (χ3n) is 2.56. The van der Waals surface area contributed by atoms with Crippen LogP contribution in [0.2, 0.25) is 0 Å². The van der Waals surface area contributed by atoms with Gasteiger partial charge in [0.25, 0.3) is 0 Å². The molecule has 5 heteroatoms.